The summed E-state index contributed by atoms with van der Waals surface area (Å²) in [7, 11) is 13.2. The van der Waals surface area contributed by atoms with E-state index in [1.807, 2.05) is 0 Å². The van der Waals surface area contributed by atoms with Gasteiger partial charge in [-0.05, 0) is 0 Å². The van der Waals surface area contributed by atoms with Gasteiger partial charge in [0, 0.05) is 21.0 Å². The first-order chi connectivity index (χ1) is 13.1. The van der Waals surface area contributed by atoms with Crippen LogP contribution >= 0.6 is 18.8 Å². The van der Waals surface area contributed by atoms with E-state index in [9.17, 15) is 4.79 Å². The number of nitrogens with zero attached hydrogens (tertiary/aromatic N) is 1. The quantitative estimate of drug-likeness (QED) is 0.393. The Morgan fingerprint density at radius 1 is 0.621 bits per heavy atom. The molecule has 1 fully saturated rings. The molecule has 0 aromatic carbocycles. The fourth-order valence-electron chi connectivity index (χ4n) is 1.32. The average molecular weight is 649 g/mol. The number of nitrogens with two attached hydrogens (primary N) is 2. The normalized spacial score (nSPS) is 17.3. The Bertz CT molecular complexity index is 239. The molecule has 0 bridgehead atoms. The maximum Gasteiger partial charge on any atom is -0.693 e. The molecule has 0 saturated carbocycles. The first kappa shape index (κ1) is 36.8. The van der Waals surface area contributed by atoms with Crippen molar-refractivity contribution in [1.29, 1.82) is 0 Å². The smallest absolute Gasteiger partial charge is 0.693 e. The first-order valence-electron chi connectivity index (χ1n) is 8.53. The molecule has 0 unspecified atom stereocenters. The van der Waals surface area contributed by atoms with Crippen molar-refractivity contribution in [1.82, 2.24) is 4.90 Å². The molecule has 13 heteroatoms. The number of amides is 1. The third-order valence-electron chi connectivity index (χ3n) is 2.86. The Balaban J connectivity index is -0.000000241. The van der Waals surface area contributed by atoms with E-state index in [1.54, 1.807) is 14.1 Å². The molecule has 1 saturated heterocycles. The van der Waals surface area contributed by atoms with Crippen molar-refractivity contribution >= 4 is 24.7 Å². The van der Waals surface area contributed by atoms with E-state index in [4.69, 9.17) is 47.3 Å². The summed E-state index contributed by atoms with van der Waals surface area (Å²) in [5.74, 6) is 0.0926. The Hall–Kier alpha value is 0.418. The Morgan fingerprint density at radius 3 is 0.793 bits per heavy atom. The minimum absolute atomic E-state index is 0. The van der Waals surface area contributed by atoms with Crippen molar-refractivity contribution < 1.29 is 49.7 Å². The van der Waals surface area contributed by atoms with E-state index in [-0.39, 0.29) is 18.2 Å². The van der Waals surface area contributed by atoms with Crippen LogP contribution in [0.15, 0.2) is 0 Å². The number of rotatable bonds is 0. The molecule has 0 aliphatic carbocycles. The summed E-state index contributed by atoms with van der Waals surface area (Å²) in [6.45, 7) is 8.56. The molecule has 1 rings (SSSR count). The molecule has 1 aliphatic heterocycles. The second kappa shape index (κ2) is 33.1. The van der Waals surface area contributed by atoms with E-state index in [0.717, 1.165) is 0 Å². The van der Waals surface area contributed by atoms with Gasteiger partial charge >= 0.3 is 35.3 Å². The molecule has 182 valence electrons. The van der Waals surface area contributed by atoms with Gasteiger partial charge in [0.25, 0.3) is 0 Å². The van der Waals surface area contributed by atoms with Gasteiger partial charge in [-0.2, -0.15) is 0 Å². The van der Waals surface area contributed by atoms with Crippen LogP contribution in [-0.2, 0) is 49.7 Å². The van der Waals surface area contributed by atoms with Crippen molar-refractivity contribution in [2.75, 3.05) is 93.4 Å². The topological polar surface area (TPSA) is 143 Å². The second-order valence-electron chi connectivity index (χ2n) is 5.13. The maximum atomic E-state index is 10.1. The zero-order valence-corrected chi connectivity index (χ0v) is 21.3. The van der Waals surface area contributed by atoms with Gasteiger partial charge in [0.15, 0.2) is 0 Å². The molecule has 1 heterocycles. The predicted molar refractivity (Wildman–Crippen MR) is 112 cm³/mol. The van der Waals surface area contributed by atoms with Gasteiger partial charge in [-0.25, -0.2) is 0 Å². The number of carbonyl (C=O) groups excluding carboxylic acids is 1. The maximum absolute atomic E-state index is 10.1. The molecule has 29 heavy (non-hydrogen) atoms. The van der Waals surface area contributed by atoms with E-state index in [0.29, 0.717) is 79.3 Å². The van der Waals surface area contributed by atoms with Crippen molar-refractivity contribution in [2.45, 2.75) is 6.92 Å². The summed E-state index contributed by atoms with van der Waals surface area (Å²) in [6, 6.07) is 0. The molecule has 0 spiro atoms. The summed E-state index contributed by atoms with van der Waals surface area (Å²) < 4.78 is 32.0. The minimum atomic E-state index is -0.472. The number of hydrogen-bond acceptors (Lipinski definition) is 7. The average Bonchev–Trinajstić information content (AvgIpc) is 2.63. The van der Waals surface area contributed by atoms with Crippen LogP contribution in [0, 0.1) is 0 Å². The van der Waals surface area contributed by atoms with Gasteiger partial charge in [-0.1, -0.05) is 0 Å². The molecular weight excluding hydrogens is 612 g/mol. The van der Waals surface area contributed by atoms with Gasteiger partial charge in [-0.3, -0.25) is 4.79 Å². The Labute approximate surface area is 191 Å². The van der Waals surface area contributed by atoms with Gasteiger partial charge < -0.3 is 45.6 Å². The summed E-state index contributed by atoms with van der Waals surface area (Å²) in [5.41, 5.74) is 0. The van der Waals surface area contributed by atoms with Crippen LogP contribution in [0.5, 0.6) is 0 Å². The van der Waals surface area contributed by atoms with Crippen LogP contribution in [0.3, 0.4) is 0 Å². The molecule has 0 aromatic heterocycles. The molecular formula is C16H37Cl2N3O7Pt. The van der Waals surface area contributed by atoms with Crippen LogP contribution in [0.25, 0.3) is 12.3 Å². The largest absolute Gasteiger partial charge is 0.693 e. The van der Waals surface area contributed by atoms with Crippen LogP contribution in [-0.4, -0.2) is 104 Å². The van der Waals surface area contributed by atoms with Gasteiger partial charge in [0.1, 0.15) is 0 Å². The van der Waals surface area contributed by atoms with Crippen LogP contribution in [0.4, 0.5) is 0 Å². The van der Waals surface area contributed by atoms with E-state index >= 15 is 0 Å². The predicted octanol–water partition coefficient (Wildman–Crippen LogP) is 3.00. The number of hydrogen-bond donors (Lipinski definition) is 0. The number of halogens is 2. The molecule has 0 aromatic rings. The van der Waals surface area contributed by atoms with Crippen molar-refractivity contribution in [3.63, 3.8) is 0 Å². The van der Waals surface area contributed by atoms with Gasteiger partial charge in [-0.15, -0.1) is 0 Å². The molecule has 1 aliphatic rings. The second-order valence-corrected chi connectivity index (χ2v) is 8.42. The van der Waals surface area contributed by atoms with Crippen LogP contribution in [0.2, 0.25) is 0 Å². The number of carbonyl (C=O) groups is 1. The van der Waals surface area contributed by atoms with Crippen LogP contribution in [0.1, 0.15) is 6.92 Å². The van der Waals surface area contributed by atoms with Crippen molar-refractivity contribution in [2.24, 2.45) is 0 Å². The Kier molecular flexibility index (Phi) is 41.9. The zero-order valence-electron chi connectivity index (χ0n) is 17.5. The summed E-state index contributed by atoms with van der Waals surface area (Å²) in [4.78, 5) is 11.6. The van der Waals surface area contributed by atoms with E-state index < -0.39 is 16.5 Å². The van der Waals surface area contributed by atoms with Crippen molar-refractivity contribution in [3.05, 3.63) is 12.3 Å². The van der Waals surface area contributed by atoms with Gasteiger partial charge in [0.2, 0.25) is 5.91 Å². The molecule has 0 radical (unpaired) electrons. The van der Waals surface area contributed by atoms with Crippen LogP contribution < -0.4 is 0 Å². The van der Waals surface area contributed by atoms with E-state index in [2.05, 4.69) is 0 Å². The first-order valence-corrected chi connectivity index (χ1v) is 14.2. The fraction of sp³-hybridized carbons (Fsp3) is 0.938. The monoisotopic (exact) mass is 648 g/mol. The van der Waals surface area contributed by atoms with E-state index in [1.165, 1.54) is 11.8 Å². The molecule has 10 nitrogen and oxygen atoms in total. The van der Waals surface area contributed by atoms with Crippen molar-refractivity contribution in [3.8, 4) is 0 Å². The SMILES string of the molecule is C1COCCOCCOCCOCCOCCO1.CC(=O)N(C)C.[Cl][Pt+2][Cl].[NH2-].[NH2-]. The molecule has 1 amide bonds. The summed E-state index contributed by atoms with van der Waals surface area (Å²) in [6.07, 6.45) is 0. The Morgan fingerprint density at radius 2 is 0.724 bits per heavy atom. The summed E-state index contributed by atoms with van der Waals surface area (Å²) >= 11 is -0.472. The number of ether oxygens (including phenoxy) is 6. The zero-order chi connectivity index (χ0) is 20.6. The third-order valence-corrected chi connectivity index (χ3v) is 2.86. The minimum Gasteiger partial charge on any atom is -0.693 e. The molecule has 4 N–H and O–H groups in total. The fourth-order valence-corrected chi connectivity index (χ4v) is 1.32. The standard InChI is InChI=1S/C12H24O6.C4H9NO.2ClH.2H2N.Pt/c1-2-14-5-6-16-9-10-18-12-11-17-8-7-15-4-3-13-1;1-4(6)5(2)3;;;;;/h1-12H2;1-3H3;2*1H;2*1H2;/q;;;;2*-1;+4/p-2. The third kappa shape index (κ3) is 39.5. The summed E-state index contributed by atoms with van der Waals surface area (Å²) in [5, 5.41) is 0. The van der Waals surface area contributed by atoms with Gasteiger partial charge in [0.05, 0.1) is 79.3 Å². The molecule has 0 atom stereocenters.